The molecule has 0 aromatic carbocycles. The van der Waals surface area contributed by atoms with Gasteiger partial charge in [0.05, 0.1) is 12.0 Å². The maximum absolute atomic E-state index is 10.5. The Morgan fingerprint density at radius 3 is 2.44 bits per heavy atom. The topological polar surface area (TPSA) is 43.4 Å². The van der Waals surface area contributed by atoms with Gasteiger partial charge in [0.15, 0.2) is 0 Å². The molecule has 9 heavy (non-hydrogen) atoms. The van der Waals surface area contributed by atoms with Gasteiger partial charge in [-0.1, -0.05) is 6.08 Å². The first-order valence-corrected chi connectivity index (χ1v) is 4.11. The maximum Gasteiger partial charge on any atom is 0.289 e. The van der Waals surface area contributed by atoms with Crippen LogP contribution in [-0.4, -0.2) is 15.0 Å². The van der Waals surface area contributed by atoms with Gasteiger partial charge in [0.25, 0.3) is 10.1 Å². The third-order valence-electron chi connectivity index (χ3n) is 0.585. The van der Waals surface area contributed by atoms with Gasteiger partial charge >= 0.3 is 0 Å². The minimum atomic E-state index is -3.36. The SMILES string of the molecule is CC=CS(=O)(=O)OCC. The number of hydrogen-bond acceptors (Lipinski definition) is 3. The summed E-state index contributed by atoms with van der Waals surface area (Å²) in [4.78, 5) is 0. The van der Waals surface area contributed by atoms with E-state index < -0.39 is 10.1 Å². The Morgan fingerprint density at radius 1 is 1.56 bits per heavy atom. The van der Waals surface area contributed by atoms with Gasteiger partial charge in [-0.2, -0.15) is 8.42 Å². The molecular weight excluding hydrogens is 140 g/mol. The second kappa shape index (κ2) is 3.63. The largest absolute Gasteiger partial charge is 0.289 e. The summed E-state index contributed by atoms with van der Waals surface area (Å²) in [6.07, 6.45) is 1.42. The maximum atomic E-state index is 10.5. The summed E-state index contributed by atoms with van der Waals surface area (Å²) in [7, 11) is -3.36. The van der Waals surface area contributed by atoms with Crippen LogP contribution in [0.15, 0.2) is 11.5 Å². The Kier molecular flexibility index (Phi) is 3.49. The van der Waals surface area contributed by atoms with Crippen LogP contribution in [0.2, 0.25) is 0 Å². The molecule has 0 rings (SSSR count). The fourth-order valence-electron chi connectivity index (χ4n) is 0.370. The Morgan fingerprint density at radius 2 is 2.11 bits per heavy atom. The van der Waals surface area contributed by atoms with Gasteiger partial charge in [0.1, 0.15) is 0 Å². The van der Waals surface area contributed by atoms with Crippen LogP contribution in [0.4, 0.5) is 0 Å². The first-order valence-electron chi connectivity index (χ1n) is 2.64. The molecule has 0 amide bonds. The quantitative estimate of drug-likeness (QED) is 0.561. The van der Waals surface area contributed by atoms with E-state index in [1.54, 1.807) is 13.8 Å². The number of rotatable bonds is 3. The molecule has 3 nitrogen and oxygen atoms in total. The summed E-state index contributed by atoms with van der Waals surface area (Å²) in [5, 5.41) is 1.02. The minimum absolute atomic E-state index is 0.187. The first-order chi connectivity index (χ1) is 4.12. The molecule has 0 aliphatic rings. The van der Waals surface area contributed by atoms with Crippen molar-refractivity contribution < 1.29 is 12.6 Å². The smallest absolute Gasteiger partial charge is 0.267 e. The highest BCUT2D eigenvalue weighted by molar-refractivity contribution is 7.89. The van der Waals surface area contributed by atoms with E-state index in [-0.39, 0.29) is 6.61 Å². The standard InChI is InChI=1S/C5H10O3S/c1-3-5-9(6,7)8-4-2/h3,5H,4H2,1-2H3. The van der Waals surface area contributed by atoms with Gasteiger partial charge < -0.3 is 0 Å². The van der Waals surface area contributed by atoms with E-state index in [1.165, 1.54) is 6.08 Å². The molecular formula is C5H10O3S. The summed E-state index contributed by atoms with van der Waals surface area (Å²) >= 11 is 0. The van der Waals surface area contributed by atoms with Gasteiger partial charge in [0, 0.05) is 0 Å². The zero-order valence-corrected chi connectivity index (χ0v) is 6.31. The summed E-state index contributed by atoms with van der Waals surface area (Å²) < 4.78 is 25.4. The lowest BCUT2D eigenvalue weighted by Crippen LogP contribution is -1.99. The second-order valence-electron chi connectivity index (χ2n) is 1.37. The predicted molar refractivity (Wildman–Crippen MR) is 35.4 cm³/mol. The monoisotopic (exact) mass is 150 g/mol. The lowest BCUT2D eigenvalue weighted by Gasteiger charge is -1.93. The van der Waals surface area contributed by atoms with Gasteiger partial charge in [-0.25, -0.2) is 0 Å². The highest BCUT2D eigenvalue weighted by atomic mass is 32.2. The van der Waals surface area contributed by atoms with Crippen LogP contribution in [-0.2, 0) is 14.3 Å². The van der Waals surface area contributed by atoms with Gasteiger partial charge in [0.2, 0.25) is 0 Å². The van der Waals surface area contributed by atoms with Crippen molar-refractivity contribution in [2.75, 3.05) is 6.61 Å². The number of hydrogen-bond donors (Lipinski definition) is 0. The lowest BCUT2D eigenvalue weighted by atomic mass is 10.8. The van der Waals surface area contributed by atoms with E-state index in [4.69, 9.17) is 0 Å². The van der Waals surface area contributed by atoms with Crippen LogP contribution in [0.25, 0.3) is 0 Å². The van der Waals surface area contributed by atoms with E-state index >= 15 is 0 Å². The van der Waals surface area contributed by atoms with Crippen LogP contribution >= 0.6 is 0 Å². The third-order valence-corrected chi connectivity index (χ3v) is 1.75. The van der Waals surface area contributed by atoms with E-state index in [0.29, 0.717) is 0 Å². The van der Waals surface area contributed by atoms with Crippen LogP contribution < -0.4 is 0 Å². The summed E-state index contributed by atoms with van der Waals surface area (Å²) in [6.45, 7) is 3.43. The van der Waals surface area contributed by atoms with E-state index in [2.05, 4.69) is 4.18 Å². The molecule has 0 saturated heterocycles. The van der Waals surface area contributed by atoms with Crippen molar-refractivity contribution in [3.05, 3.63) is 11.5 Å². The van der Waals surface area contributed by atoms with E-state index in [1.807, 2.05) is 0 Å². The zero-order valence-electron chi connectivity index (χ0n) is 5.49. The van der Waals surface area contributed by atoms with Crippen LogP contribution in [0.3, 0.4) is 0 Å². The summed E-state index contributed by atoms with van der Waals surface area (Å²) in [6, 6.07) is 0. The first kappa shape index (κ1) is 8.65. The predicted octanol–water partition coefficient (Wildman–Crippen LogP) is 0.886. The van der Waals surface area contributed by atoms with Crippen molar-refractivity contribution in [3.8, 4) is 0 Å². The van der Waals surface area contributed by atoms with Crippen LogP contribution in [0, 0.1) is 0 Å². The molecule has 0 spiro atoms. The molecule has 0 N–H and O–H groups in total. The molecule has 0 atom stereocenters. The van der Waals surface area contributed by atoms with E-state index in [9.17, 15) is 8.42 Å². The molecule has 0 fully saturated rings. The summed E-state index contributed by atoms with van der Waals surface area (Å²) in [5.41, 5.74) is 0. The van der Waals surface area contributed by atoms with Crippen molar-refractivity contribution in [1.29, 1.82) is 0 Å². The molecule has 0 saturated carbocycles. The van der Waals surface area contributed by atoms with Crippen molar-refractivity contribution in [2.24, 2.45) is 0 Å². The Bertz CT molecular complexity index is 178. The molecule has 0 aromatic heterocycles. The molecule has 0 aliphatic heterocycles. The third kappa shape index (κ3) is 4.17. The normalized spacial score (nSPS) is 12.7. The molecule has 0 aliphatic carbocycles. The van der Waals surface area contributed by atoms with Crippen molar-refractivity contribution in [3.63, 3.8) is 0 Å². The van der Waals surface area contributed by atoms with Crippen LogP contribution in [0.5, 0.6) is 0 Å². The fraction of sp³-hybridized carbons (Fsp3) is 0.600. The molecule has 0 heterocycles. The molecule has 0 unspecified atom stereocenters. The second-order valence-corrected chi connectivity index (χ2v) is 2.86. The average Bonchev–Trinajstić information content (AvgIpc) is 1.64. The number of allylic oxidation sites excluding steroid dienone is 1. The highest BCUT2D eigenvalue weighted by Gasteiger charge is 2.00. The molecule has 0 bridgehead atoms. The Balaban J connectivity index is 4.05. The van der Waals surface area contributed by atoms with Gasteiger partial charge in [-0.15, -0.1) is 0 Å². The van der Waals surface area contributed by atoms with Crippen molar-refractivity contribution in [1.82, 2.24) is 0 Å². The average molecular weight is 150 g/mol. The minimum Gasteiger partial charge on any atom is -0.267 e. The fourth-order valence-corrected chi connectivity index (χ4v) is 1.11. The highest BCUT2D eigenvalue weighted by Crippen LogP contribution is 1.93. The molecule has 54 valence electrons. The molecule has 0 radical (unpaired) electrons. The van der Waals surface area contributed by atoms with Crippen LogP contribution in [0.1, 0.15) is 13.8 Å². The van der Waals surface area contributed by atoms with Crippen molar-refractivity contribution in [2.45, 2.75) is 13.8 Å². The lowest BCUT2D eigenvalue weighted by molar-refractivity contribution is 0.345. The Labute approximate surface area is 55.5 Å². The summed E-state index contributed by atoms with van der Waals surface area (Å²) in [5.74, 6) is 0. The Hall–Kier alpha value is -0.350. The van der Waals surface area contributed by atoms with Gasteiger partial charge in [-0.05, 0) is 13.8 Å². The zero-order chi connectivity index (χ0) is 7.33. The molecule has 0 aromatic rings. The van der Waals surface area contributed by atoms with Crippen molar-refractivity contribution >= 4 is 10.1 Å². The van der Waals surface area contributed by atoms with Gasteiger partial charge in [-0.3, -0.25) is 4.18 Å². The molecule has 4 heteroatoms. The van der Waals surface area contributed by atoms with E-state index in [0.717, 1.165) is 5.41 Å².